The van der Waals surface area contributed by atoms with Gasteiger partial charge < -0.3 is 4.90 Å². The summed E-state index contributed by atoms with van der Waals surface area (Å²) in [5.74, 6) is 0. The van der Waals surface area contributed by atoms with E-state index in [1.165, 1.54) is 0 Å². The van der Waals surface area contributed by atoms with Crippen molar-refractivity contribution in [3.8, 4) is 0 Å². The SMILES string of the molecule is CN(Cc1nc(C(F)(F)F)cs1)c1ccnc2cc(Br)cnc12. The van der Waals surface area contributed by atoms with E-state index >= 15 is 0 Å². The average molecular weight is 403 g/mol. The number of hydrogen-bond acceptors (Lipinski definition) is 5. The Morgan fingerprint density at radius 1 is 1.30 bits per heavy atom. The van der Waals surface area contributed by atoms with Crippen LogP contribution < -0.4 is 4.90 Å². The predicted octanol–water partition coefficient (Wildman–Crippen LogP) is 4.50. The molecule has 0 saturated heterocycles. The summed E-state index contributed by atoms with van der Waals surface area (Å²) < 4.78 is 38.7. The van der Waals surface area contributed by atoms with Crippen molar-refractivity contribution < 1.29 is 13.2 Å². The van der Waals surface area contributed by atoms with Gasteiger partial charge in [-0.1, -0.05) is 0 Å². The molecule has 0 N–H and O–H groups in total. The maximum atomic E-state index is 12.6. The van der Waals surface area contributed by atoms with Gasteiger partial charge in [0.05, 0.1) is 17.7 Å². The van der Waals surface area contributed by atoms with Crippen LogP contribution in [0.15, 0.2) is 34.4 Å². The van der Waals surface area contributed by atoms with Crippen LogP contribution in [0.3, 0.4) is 0 Å². The molecule has 0 spiro atoms. The molecule has 0 atom stereocenters. The minimum atomic E-state index is -4.41. The van der Waals surface area contributed by atoms with Gasteiger partial charge in [-0.2, -0.15) is 13.2 Å². The van der Waals surface area contributed by atoms with Crippen LogP contribution in [0.1, 0.15) is 10.7 Å². The first-order chi connectivity index (χ1) is 10.8. The molecule has 3 aromatic heterocycles. The van der Waals surface area contributed by atoms with Gasteiger partial charge in [0.1, 0.15) is 10.5 Å². The molecule has 0 aliphatic rings. The van der Waals surface area contributed by atoms with Gasteiger partial charge in [0, 0.05) is 29.3 Å². The highest BCUT2D eigenvalue weighted by Gasteiger charge is 2.33. The summed E-state index contributed by atoms with van der Waals surface area (Å²) in [6.45, 7) is 0.262. The number of rotatable bonds is 3. The van der Waals surface area contributed by atoms with E-state index in [2.05, 4.69) is 30.9 Å². The summed E-state index contributed by atoms with van der Waals surface area (Å²) in [6.07, 6.45) is -1.11. The lowest BCUT2D eigenvalue weighted by Crippen LogP contribution is -2.17. The summed E-state index contributed by atoms with van der Waals surface area (Å²) in [4.78, 5) is 14.0. The second-order valence-corrected chi connectivity index (χ2v) is 6.69. The van der Waals surface area contributed by atoms with Gasteiger partial charge in [0.2, 0.25) is 0 Å². The van der Waals surface area contributed by atoms with Crippen LogP contribution in [0.25, 0.3) is 11.0 Å². The van der Waals surface area contributed by atoms with Gasteiger partial charge in [-0.25, -0.2) is 4.98 Å². The Morgan fingerprint density at radius 3 is 2.78 bits per heavy atom. The lowest BCUT2D eigenvalue weighted by Gasteiger charge is -2.19. The smallest absolute Gasteiger partial charge is 0.366 e. The van der Waals surface area contributed by atoms with E-state index in [0.29, 0.717) is 16.0 Å². The zero-order valence-corrected chi connectivity index (χ0v) is 14.2. The van der Waals surface area contributed by atoms with E-state index < -0.39 is 11.9 Å². The molecule has 23 heavy (non-hydrogen) atoms. The van der Waals surface area contributed by atoms with E-state index in [9.17, 15) is 13.2 Å². The molecule has 0 fully saturated rings. The van der Waals surface area contributed by atoms with Crippen LogP contribution in [-0.2, 0) is 12.7 Å². The third-order valence-corrected chi connectivity index (χ3v) is 4.42. The van der Waals surface area contributed by atoms with E-state index in [0.717, 1.165) is 26.9 Å². The first-order valence-corrected chi connectivity index (χ1v) is 8.15. The molecule has 0 bridgehead atoms. The number of hydrogen-bond donors (Lipinski definition) is 0. The van der Waals surface area contributed by atoms with Crippen LogP contribution in [0.4, 0.5) is 18.9 Å². The fourth-order valence-corrected chi connectivity index (χ4v) is 3.27. The number of fused-ring (bicyclic) bond motifs is 1. The Balaban J connectivity index is 1.89. The lowest BCUT2D eigenvalue weighted by atomic mass is 10.2. The molecule has 3 heterocycles. The molecule has 0 amide bonds. The number of thiazole rings is 1. The molecular weight excluding hydrogens is 393 g/mol. The number of alkyl halides is 3. The Hall–Kier alpha value is -1.74. The Kier molecular flexibility index (Phi) is 4.24. The fourth-order valence-electron chi connectivity index (χ4n) is 2.10. The monoisotopic (exact) mass is 402 g/mol. The quantitative estimate of drug-likeness (QED) is 0.646. The van der Waals surface area contributed by atoms with Crippen LogP contribution in [-0.4, -0.2) is 22.0 Å². The molecule has 0 radical (unpaired) electrons. The van der Waals surface area contributed by atoms with Gasteiger partial charge in [0.15, 0.2) is 5.69 Å². The van der Waals surface area contributed by atoms with E-state index in [1.807, 2.05) is 11.0 Å². The summed E-state index contributed by atoms with van der Waals surface area (Å²) in [5, 5.41) is 1.42. The maximum Gasteiger partial charge on any atom is 0.434 e. The molecule has 9 heteroatoms. The molecule has 0 aliphatic heterocycles. The van der Waals surface area contributed by atoms with Crippen molar-refractivity contribution in [1.29, 1.82) is 0 Å². The molecule has 0 saturated carbocycles. The minimum absolute atomic E-state index is 0.262. The molecule has 0 aromatic carbocycles. The number of nitrogens with zero attached hydrogens (tertiary/aromatic N) is 4. The van der Waals surface area contributed by atoms with E-state index in [-0.39, 0.29) is 6.54 Å². The highest BCUT2D eigenvalue weighted by atomic mass is 79.9. The van der Waals surface area contributed by atoms with Crippen molar-refractivity contribution in [1.82, 2.24) is 15.0 Å². The first-order valence-electron chi connectivity index (χ1n) is 6.47. The van der Waals surface area contributed by atoms with E-state index in [4.69, 9.17) is 0 Å². The van der Waals surface area contributed by atoms with Gasteiger partial charge in [0.25, 0.3) is 0 Å². The second-order valence-electron chi connectivity index (χ2n) is 4.83. The van der Waals surface area contributed by atoms with Gasteiger partial charge in [-0.05, 0) is 28.1 Å². The molecule has 120 valence electrons. The van der Waals surface area contributed by atoms with Crippen molar-refractivity contribution >= 4 is 44.0 Å². The van der Waals surface area contributed by atoms with Crippen LogP contribution in [0.2, 0.25) is 0 Å². The third-order valence-electron chi connectivity index (χ3n) is 3.15. The largest absolute Gasteiger partial charge is 0.434 e. The highest BCUT2D eigenvalue weighted by Crippen LogP contribution is 2.31. The van der Waals surface area contributed by atoms with Crippen molar-refractivity contribution in [2.24, 2.45) is 0 Å². The van der Waals surface area contributed by atoms with Crippen molar-refractivity contribution in [3.05, 3.63) is 45.1 Å². The van der Waals surface area contributed by atoms with Crippen molar-refractivity contribution in [3.63, 3.8) is 0 Å². The Bertz CT molecular complexity index is 849. The molecular formula is C14H10BrF3N4S. The topological polar surface area (TPSA) is 41.9 Å². The average Bonchev–Trinajstić information content (AvgIpc) is 2.94. The van der Waals surface area contributed by atoms with Crippen LogP contribution >= 0.6 is 27.3 Å². The summed E-state index contributed by atoms with van der Waals surface area (Å²) in [6, 6.07) is 3.62. The zero-order valence-electron chi connectivity index (χ0n) is 11.8. The molecule has 0 aliphatic carbocycles. The highest BCUT2D eigenvalue weighted by molar-refractivity contribution is 9.10. The molecule has 0 unspecified atom stereocenters. The number of pyridine rings is 2. The summed E-state index contributed by atoms with van der Waals surface area (Å²) in [5.41, 5.74) is 1.32. The normalized spacial score (nSPS) is 11.9. The molecule has 3 rings (SSSR count). The van der Waals surface area contributed by atoms with E-state index in [1.54, 1.807) is 25.5 Å². The second kappa shape index (κ2) is 6.04. The number of halogens is 4. The van der Waals surface area contributed by atoms with Gasteiger partial charge in [-0.3, -0.25) is 9.97 Å². The first kappa shape index (κ1) is 16.1. The Labute approximate surface area is 142 Å². The predicted molar refractivity (Wildman–Crippen MR) is 86.5 cm³/mol. The minimum Gasteiger partial charge on any atom is -0.366 e. The maximum absolute atomic E-state index is 12.6. The summed E-state index contributed by atoms with van der Waals surface area (Å²) in [7, 11) is 1.78. The van der Waals surface area contributed by atoms with Crippen molar-refractivity contribution in [2.45, 2.75) is 12.7 Å². The number of anilines is 1. The zero-order chi connectivity index (χ0) is 16.6. The summed E-state index contributed by atoms with van der Waals surface area (Å²) >= 11 is 4.33. The third kappa shape index (κ3) is 3.45. The van der Waals surface area contributed by atoms with Gasteiger partial charge >= 0.3 is 6.18 Å². The number of aromatic nitrogens is 3. The fraction of sp³-hybridized carbons (Fsp3) is 0.214. The van der Waals surface area contributed by atoms with Gasteiger partial charge in [-0.15, -0.1) is 11.3 Å². The standard InChI is InChI=1S/C14H10BrF3N4S/c1-22(6-12-21-11(7-23-12)14(16,17)18)10-2-3-19-9-4-8(15)5-20-13(9)10/h2-5,7H,6H2,1H3. The van der Waals surface area contributed by atoms with Crippen molar-refractivity contribution in [2.75, 3.05) is 11.9 Å². The van der Waals surface area contributed by atoms with Crippen LogP contribution in [0.5, 0.6) is 0 Å². The Morgan fingerprint density at radius 2 is 2.09 bits per heavy atom. The van der Waals surface area contributed by atoms with Crippen LogP contribution in [0, 0.1) is 0 Å². The lowest BCUT2D eigenvalue weighted by molar-refractivity contribution is -0.140. The molecule has 4 nitrogen and oxygen atoms in total. The molecule has 3 aromatic rings.